The number of carbonyl (C=O) groups is 2. The fraction of sp³-hybridized carbons (Fsp3) is 0.467. The predicted molar refractivity (Wildman–Crippen MR) is 83.5 cm³/mol. The van der Waals surface area contributed by atoms with Gasteiger partial charge in [0, 0.05) is 17.3 Å². The first-order valence-corrected chi connectivity index (χ1v) is 6.85. The molecule has 2 rings (SSSR count). The van der Waals surface area contributed by atoms with Crippen LogP contribution in [0, 0.1) is 6.92 Å². The molecule has 1 aliphatic rings. The predicted octanol–water partition coefficient (Wildman–Crippen LogP) is 2.17. The molecular formula is C15H21ClN2O3. The van der Waals surface area contributed by atoms with Crippen molar-refractivity contribution >= 4 is 30.0 Å². The number of carbonyl (C=O) groups excluding carboxylic acids is 2. The smallest absolute Gasteiger partial charge is 0.325 e. The van der Waals surface area contributed by atoms with E-state index >= 15 is 0 Å². The number of nitrogens with two attached hydrogens (primary N) is 1. The molecule has 21 heavy (non-hydrogen) atoms. The third-order valence-corrected chi connectivity index (χ3v) is 3.35. The molecule has 0 bridgehead atoms. The normalized spacial score (nSPS) is 13.2. The Balaban J connectivity index is 0.00000220. The number of hydrogen-bond donors (Lipinski definition) is 1. The van der Waals surface area contributed by atoms with E-state index in [0.717, 1.165) is 18.4 Å². The number of amides is 1. The van der Waals surface area contributed by atoms with Gasteiger partial charge < -0.3 is 15.4 Å². The largest absolute Gasteiger partial charge is 0.465 e. The summed E-state index contributed by atoms with van der Waals surface area (Å²) in [4.78, 5) is 25.8. The number of hydrogen-bond acceptors (Lipinski definition) is 4. The molecule has 6 heteroatoms. The van der Waals surface area contributed by atoms with Gasteiger partial charge in [0.2, 0.25) is 0 Å². The third kappa shape index (κ3) is 4.36. The summed E-state index contributed by atoms with van der Waals surface area (Å²) < 4.78 is 4.93. The van der Waals surface area contributed by atoms with E-state index in [1.54, 1.807) is 24.0 Å². The SMILES string of the molecule is CCOC(=O)CN(C(=O)c1cc(N)ccc1C)C1CC1.Cl. The van der Waals surface area contributed by atoms with Crippen LogP contribution in [0.3, 0.4) is 0 Å². The van der Waals surface area contributed by atoms with Crippen LogP contribution in [0.25, 0.3) is 0 Å². The second kappa shape index (κ2) is 7.31. The zero-order chi connectivity index (χ0) is 14.7. The first-order chi connectivity index (χ1) is 9.52. The second-order valence-electron chi connectivity index (χ2n) is 5.04. The third-order valence-electron chi connectivity index (χ3n) is 3.35. The Kier molecular flexibility index (Phi) is 6.03. The zero-order valence-corrected chi connectivity index (χ0v) is 13.1. The first kappa shape index (κ1) is 17.3. The lowest BCUT2D eigenvalue weighted by molar-refractivity contribution is -0.144. The van der Waals surface area contributed by atoms with Crippen LogP contribution in [0.4, 0.5) is 5.69 Å². The summed E-state index contributed by atoms with van der Waals surface area (Å²) in [5.41, 5.74) is 7.71. The highest BCUT2D eigenvalue weighted by molar-refractivity contribution is 5.98. The molecule has 0 radical (unpaired) electrons. The van der Waals surface area contributed by atoms with Gasteiger partial charge in [0.1, 0.15) is 6.54 Å². The van der Waals surface area contributed by atoms with Crippen LogP contribution in [-0.2, 0) is 9.53 Å². The number of benzene rings is 1. The van der Waals surface area contributed by atoms with Crippen LogP contribution in [0.15, 0.2) is 18.2 Å². The van der Waals surface area contributed by atoms with Crippen molar-refractivity contribution in [2.24, 2.45) is 0 Å². The van der Waals surface area contributed by atoms with Gasteiger partial charge in [0.05, 0.1) is 6.61 Å². The fourth-order valence-corrected chi connectivity index (χ4v) is 2.12. The fourth-order valence-electron chi connectivity index (χ4n) is 2.12. The van der Waals surface area contributed by atoms with Crippen molar-refractivity contribution in [1.82, 2.24) is 4.90 Å². The van der Waals surface area contributed by atoms with E-state index in [1.165, 1.54) is 0 Å². The van der Waals surface area contributed by atoms with E-state index in [2.05, 4.69) is 0 Å². The van der Waals surface area contributed by atoms with Crippen molar-refractivity contribution in [3.8, 4) is 0 Å². The van der Waals surface area contributed by atoms with E-state index in [9.17, 15) is 9.59 Å². The minimum absolute atomic E-state index is 0. The highest BCUT2D eigenvalue weighted by atomic mass is 35.5. The molecule has 0 heterocycles. The summed E-state index contributed by atoms with van der Waals surface area (Å²) in [6.45, 7) is 3.94. The van der Waals surface area contributed by atoms with Crippen molar-refractivity contribution in [2.45, 2.75) is 32.7 Å². The molecule has 1 fully saturated rings. The highest BCUT2D eigenvalue weighted by Gasteiger charge is 2.35. The van der Waals surface area contributed by atoms with Crippen LogP contribution >= 0.6 is 12.4 Å². The topological polar surface area (TPSA) is 72.6 Å². The van der Waals surface area contributed by atoms with Gasteiger partial charge in [-0.3, -0.25) is 9.59 Å². The number of esters is 1. The lowest BCUT2D eigenvalue weighted by Crippen LogP contribution is -2.38. The molecule has 1 amide bonds. The lowest BCUT2D eigenvalue weighted by Gasteiger charge is -2.22. The Hall–Kier alpha value is -1.75. The summed E-state index contributed by atoms with van der Waals surface area (Å²) in [5, 5.41) is 0. The Morgan fingerprint density at radius 1 is 1.38 bits per heavy atom. The molecule has 116 valence electrons. The molecule has 1 saturated carbocycles. The van der Waals surface area contributed by atoms with Crippen LogP contribution in [-0.4, -0.2) is 36.0 Å². The van der Waals surface area contributed by atoms with E-state index < -0.39 is 0 Å². The Labute approximate surface area is 130 Å². The molecule has 1 aromatic carbocycles. The molecule has 1 aliphatic carbocycles. The highest BCUT2D eigenvalue weighted by Crippen LogP contribution is 2.29. The minimum atomic E-state index is -0.366. The maximum absolute atomic E-state index is 12.6. The molecule has 0 saturated heterocycles. The Morgan fingerprint density at radius 2 is 2.05 bits per heavy atom. The van der Waals surface area contributed by atoms with Gasteiger partial charge in [-0.05, 0) is 44.4 Å². The van der Waals surface area contributed by atoms with E-state index in [-0.39, 0.29) is 36.9 Å². The molecule has 5 nitrogen and oxygen atoms in total. The summed E-state index contributed by atoms with van der Waals surface area (Å²) >= 11 is 0. The maximum Gasteiger partial charge on any atom is 0.325 e. The van der Waals surface area contributed by atoms with E-state index in [0.29, 0.717) is 17.9 Å². The maximum atomic E-state index is 12.6. The average molecular weight is 313 g/mol. The van der Waals surface area contributed by atoms with Crippen molar-refractivity contribution in [1.29, 1.82) is 0 Å². The van der Waals surface area contributed by atoms with Crippen LogP contribution in [0.2, 0.25) is 0 Å². The average Bonchev–Trinajstić information content (AvgIpc) is 3.23. The van der Waals surface area contributed by atoms with Crippen molar-refractivity contribution < 1.29 is 14.3 Å². The molecule has 0 aliphatic heterocycles. The van der Waals surface area contributed by atoms with Crippen LogP contribution in [0.1, 0.15) is 35.7 Å². The molecular weight excluding hydrogens is 292 g/mol. The molecule has 0 spiro atoms. The van der Waals surface area contributed by atoms with Gasteiger partial charge in [-0.15, -0.1) is 12.4 Å². The first-order valence-electron chi connectivity index (χ1n) is 6.85. The van der Waals surface area contributed by atoms with Gasteiger partial charge in [-0.2, -0.15) is 0 Å². The van der Waals surface area contributed by atoms with Crippen LogP contribution < -0.4 is 5.73 Å². The number of halogens is 1. The minimum Gasteiger partial charge on any atom is -0.465 e. The van der Waals surface area contributed by atoms with Crippen LogP contribution in [0.5, 0.6) is 0 Å². The summed E-state index contributed by atoms with van der Waals surface area (Å²) in [5.74, 6) is -0.514. The lowest BCUT2D eigenvalue weighted by atomic mass is 10.1. The van der Waals surface area contributed by atoms with Gasteiger partial charge in [0.15, 0.2) is 0 Å². The van der Waals surface area contributed by atoms with E-state index in [1.807, 2.05) is 13.0 Å². The zero-order valence-electron chi connectivity index (χ0n) is 12.3. The molecule has 0 aromatic heterocycles. The summed E-state index contributed by atoms with van der Waals surface area (Å²) in [7, 11) is 0. The molecule has 0 unspecified atom stereocenters. The summed E-state index contributed by atoms with van der Waals surface area (Å²) in [6, 6.07) is 5.39. The monoisotopic (exact) mass is 312 g/mol. The Morgan fingerprint density at radius 3 is 2.62 bits per heavy atom. The van der Waals surface area contributed by atoms with Crippen molar-refractivity contribution in [3.05, 3.63) is 29.3 Å². The molecule has 2 N–H and O–H groups in total. The quantitative estimate of drug-likeness (QED) is 0.668. The standard InChI is InChI=1S/C15H20N2O3.ClH/c1-3-20-14(18)9-17(12-6-7-12)15(19)13-8-11(16)5-4-10(13)2;/h4-5,8,12H,3,6-7,9,16H2,1-2H3;1H. The van der Waals surface area contributed by atoms with Crippen molar-refractivity contribution in [2.75, 3.05) is 18.9 Å². The van der Waals surface area contributed by atoms with Gasteiger partial charge >= 0.3 is 5.97 Å². The van der Waals surface area contributed by atoms with E-state index in [4.69, 9.17) is 10.5 Å². The van der Waals surface area contributed by atoms with Gasteiger partial charge in [0.25, 0.3) is 5.91 Å². The number of nitrogens with zero attached hydrogens (tertiary/aromatic N) is 1. The van der Waals surface area contributed by atoms with Gasteiger partial charge in [-0.1, -0.05) is 6.07 Å². The second-order valence-corrected chi connectivity index (χ2v) is 5.04. The number of rotatable bonds is 5. The summed E-state index contributed by atoms with van der Waals surface area (Å²) in [6.07, 6.45) is 1.87. The van der Waals surface area contributed by atoms with Gasteiger partial charge in [-0.25, -0.2) is 0 Å². The number of anilines is 1. The number of nitrogen functional groups attached to an aromatic ring is 1. The molecule has 1 aromatic rings. The number of ether oxygens (including phenoxy) is 1. The van der Waals surface area contributed by atoms with Crippen molar-refractivity contribution in [3.63, 3.8) is 0 Å². The number of aryl methyl sites for hydroxylation is 1. The Bertz CT molecular complexity index is 530. The molecule has 0 atom stereocenters.